The van der Waals surface area contributed by atoms with Crippen molar-refractivity contribution in [2.75, 3.05) is 32.0 Å². The number of carbonyl (C=O) groups excluding carboxylic acids is 2. The van der Waals surface area contributed by atoms with Crippen LogP contribution in [0.15, 0.2) is 24.3 Å². The van der Waals surface area contributed by atoms with Crippen molar-refractivity contribution in [3.63, 3.8) is 0 Å². The van der Waals surface area contributed by atoms with Crippen LogP contribution in [-0.2, 0) is 4.79 Å². The van der Waals surface area contributed by atoms with Crippen molar-refractivity contribution in [2.24, 2.45) is 5.92 Å². The summed E-state index contributed by atoms with van der Waals surface area (Å²) < 4.78 is 0. The first-order valence-corrected chi connectivity index (χ1v) is 8.03. The van der Waals surface area contributed by atoms with Gasteiger partial charge in [-0.3, -0.25) is 9.59 Å². The fraction of sp³-hybridized carbons (Fsp3) is 0.471. The molecule has 0 saturated carbocycles. The van der Waals surface area contributed by atoms with Crippen LogP contribution in [0.2, 0.25) is 0 Å². The summed E-state index contributed by atoms with van der Waals surface area (Å²) >= 11 is 0. The molecule has 1 atom stereocenters. The van der Waals surface area contributed by atoms with Gasteiger partial charge in [0.15, 0.2) is 0 Å². The molecule has 1 aromatic rings. The third kappa shape index (κ3) is 4.24. The summed E-state index contributed by atoms with van der Waals surface area (Å²) in [6, 6.07) is 6.43. The highest BCUT2D eigenvalue weighted by Gasteiger charge is 2.23. The van der Waals surface area contributed by atoms with E-state index in [4.69, 9.17) is 5.11 Å². The summed E-state index contributed by atoms with van der Waals surface area (Å²) in [5.41, 5.74) is 0.890. The normalized spacial score (nSPS) is 15.0. The summed E-state index contributed by atoms with van der Waals surface area (Å²) in [5.74, 6) is -1.72. The lowest BCUT2D eigenvalue weighted by Crippen LogP contribution is -2.37. The molecule has 3 amide bonds. The van der Waals surface area contributed by atoms with Crippen LogP contribution in [0.25, 0.3) is 0 Å². The lowest BCUT2D eigenvalue weighted by Gasteiger charge is -2.22. The van der Waals surface area contributed by atoms with Gasteiger partial charge >= 0.3 is 12.0 Å². The maximum absolute atomic E-state index is 12.6. The molecule has 130 valence electrons. The Morgan fingerprint density at radius 1 is 1.25 bits per heavy atom. The van der Waals surface area contributed by atoms with Crippen molar-refractivity contribution >= 4 is 23.6 Å². The van der Waals surface area contributed by atoms with Crippen LogP contribution in [-0.4, -0.2) is 59.5 Å². The Balaban J connectivity index is 2.08. The van der Waals surface area contributed by atoms with E-state index in [1.807, 2.05) is 0 Å². The summed E-state index contributed by atoms with van der Waals surface area (Å²) in [4.78, 5) is 38.8. The standard InChI is InChI=1S/C17H23N3O4/c1-12(16(22)23)11-19(2)17(24)18-14-8-4-3-7-13(14)15(21)20-9-5-6-10-20/h3-4,7-8,12H,5-6,9-11H2,1-2H3,(H,18,24)(H,22,23). The second-order valence-corrected chi connectivity index (χ2v) is 6.09. The molecule has 2 N–H and O–H groups in total. The summed E-state index contributed by atoms with van der Waals surface area (Å²) in [7, 11) is 1.53. The lowest BCUT2D eigenvalue weighted by molar-refractivity contribution is -0.141. The monoisotopic (exact) mass is 333 g/mol. The molecule has 0 bridgehead atoms. The van der Waals surface area contributed by atoms with Gasteiger partial charge in [0.1, 0.15) is 0 Å². The molecule has 0 aliphatic carbocycles. The molecule has 7 heteroatoms. The first kappa shape index (κ1) is 17.8. The smallest absolute Gasteiger partial charge is 0.321 e. The van der Waals surface area contributed by atoms with Crippen molar-refractivity contribution in [3.05, 3.63) is 29.8 Å². The van der Waals surface area contributed by atoms with Gasteiger partial charge in [0.05, 0.1) is 17.2 Å². The number of urea groups is 1. The molecule has 1 heterocycles. The molecule has 7 nitrogen and oxygen atoms in total. The minimum atomic E-state index is -0.959. The number of nitrogens with zero attached hydrogens (tertiary/aromatic N) is 2. The van der Waals surface area contributed by atoms with Crippen molar-refractivity contribution in [1.29, 1.82) is 0 Å². The number of aliphatic carboxylic acids is 1. The Morgan fingerprint density at radius 3 is 2.50 bits per heavy atom. The van der Waals surface area contributed by atoms with Crippen molar-refractivity contribution in [2.45, 2.75) is 19.8 Å². The number of likely N-dealkylation sites (tertiary alicyclic amines) is 1. The lowest BCUT2D eigenvalue weighted by atomic mass is 10.1. The molecular weight excluding hydrogens is 310 g/mol. The second kappa shape index (κ2) is 7.81. The molecule has 24 heavy (non-hydrogen) atoms. The molecular formula is C17H23N3O4. The average molecular weight is 333 g/mol. The number of amides is 3. The zero-order valence-electron chi connectivity index (χ0n) is 14.0. The van der Waals surface area contributed by atoms with Gasteiger partial charge in [-0.15, -0.1) is 0 Å². The third-order valence-corrected chi connectivity index (χ3v) is 4.11. The maximum atomic E-state index is 12.6. The first-order valence-electron chi connectivity index (χ1n) is 8.03. The topological polar surface area (TPSA) is 90.0 Å². The number of hydrogen-bond donors (Lipinski definition) is 2. The number of anilines is 1. The minimum absolute atomic E-state index is 0.0867. The van der Waals surface area contributed by atoms with Gasteiger partial charge in [-0.1, -0.05) is 19.1 Å². The molecule has 1 fully saturated rings. The van der Waals surface area contributed by atoms with Crippen LogP contribution in [0.1, 0.15) is 30.1 Å². The van der Waals surface area contributed by atoms with Gasteiger partial charge in [0.2, 0.25) is 0 Å². The van der Waals surface area contributed by atoms with Crippen LogP contribution in [0.5, 0.6) is 0 Å². The number of nitrogens with one attached hydrogen (secondary N) is 1. The van der Waals surface area contributed by atoms with E-state index < -0.39 is 17.9 Å². The van der Waals surface area contributed by atoms with E-state index in [-0.39, 0.29) is 12.5 Å². The van der Waals surface area contributed by atoms with Gasteiger partial charge in [0.25, 0.3) is 5.91 Å². The van der Waals surface area contributed by atoms with Gasteiger partial charge in [-0.2, -0.15) is 0 Å². The van der Waals surface area contributed by atoms with Crippen LogP contribution in [0, 0.1) is 5.92 Å². The highest BCUT2D eigenvalue weighted by atomic mass is 16.4. The van der Waals surface area contributed by atoms with Gasteiger partial charge in [0, 0.05) is 26.7 Å². The molecule has 0 radical (unpaired) electrons. The number of hydrogen-bond acceptors (Lipinski definition) is 3. The Hall–Kier alpha value is -2.57. The Bertz CT molecular complexity index is 626. The maximum Gasteiger partial charge on any atom is 0.321 e. The van der Waals surface area contributed by atoms with Crippen LogP contribution in [0.3, 0.4) is 0 Å². The molecule has 0 spiro atoms. The zero-order valence-corrected chi connectivity index (χ0v) is 14.0. The molecule has 1 saturated heterocycles. The Kier molecular flexibility index (Phi) is 5.78. The zero-order chi connectivity index (χ0) is 17.7. The van der Waals surface area contributed by atoms with Crippen LogP contribution >= 0.6 is 0 Å². The van der Waals surface area contributed by atoms with E-state index in [9.17, 15) is 14.4 Å². The van der Waals surface area contributed by atoms with Crippen molar-refractivity contribution in [1.82, 2.24) is 9.80 Å². The van der Waals surface area contributed by atoms with Gasteiger partial charge in [-0.05, 0) is 25.0 Å². The number of carbonyl (C=O) groups is 3. The van der Waals surface area contributed by atoms with E-state index in [2.05, 4.69) is 5.32 Å². The van der Waals surface area contributed by atoms with E-state index >= 15 is 0 Å². The first-order chi connectivity index (χ1) is 11.4. The summed E-state index contributed by atoms with van der Waals surface area (Å²) in [5, 5.41) is 11.6. The van der Waals surface area contributed by atoms with E-state index in [1.165, 1.54) is 18.9 Å². The molecule has 1 aliphatic heterocycles. The molecule has 1 unspecified atom stereocenters. The average Bonchev–Trinajstić information content (AvgIpc) is 3.08. The second-order valence-electron chi connectivity index (χ2n) is 6.09. The SMILES string of the molecule is CC(CN(C)C(=O)Nc1ccccc1C(=O)N1CCCC1)C(=O)O. The highest BCUT2D eigenvalue weighted by Crippen LogP contribution is 2.20. The summed E-state index contributed by atoms with van der Waals surface area (Å²) in [6.45, 7) is 3.09. The fourth-order valence-corrected chi connectivity index (χ4v) is 2.65. The predicted molar refractivity (Wildman–Crippen MR) is 90.0 cm³/mol. The van der Waals surface area contributed by atoms with E-state index in [0.29, 0.717) is 11.3 Å². The summed E-state index contributed by atoms with van der Waals surface area (Å²) in [6.07, 6.45) is 1.99. The molecule has 0 aromatic heterocycles. The van der Waals surface area contributed by atoms with Gasteiger partial charge < -0.3 is 20.2 Å². The Labute approximate surface area is 141 Å². The van der Waals surface area contributed by atoms with Crippen LogP contribution in [0.4, 0.5) is 10.5 Å². The van der Waals surface area contributed by atoms with Crippen LogP contribution < -0.4 is 5.32 Å². The van der Waals surface area contributed by atoms with E-state index in [0.717, 1.165) is 25.9 Å². The van der Waals surface area contributed by atoms with Gasteiger partial charge in [-0.25, -0.2) is 4.79 Å². The quantitative estimate of drug-likeness (QED) is 0.863. The van der Waals surface area contributed by atoms with Crippen molar-refractivity contribution in [3.8, 4) is 0 Å². The highest BCUT2D eigenvalue weighted by molar-refractivity contribution is 6.03. The third-order valence-electron chi connectivity index (χ3n) is 4.11. The fourth-order valence-electron chi connectivity index (χ4n) is 2.65. The minimum Gasteiger partial charge on any atom is -0.481 e. The number of para-hydroxylation sites is 1. The Morgan fingerprint density at radius 2 is 1.88 bits per heavy atom. The number of carboxylic acid groups (broad SMARTS) is 1. The van der Waals surface area contributed by atoms with E-state index in [1.54, 1.807) is 29.2 Å². The largest absolute Gasteiger partial charge is 0.481 e. The number of rotatable bonds is 5. The predicted octanol–water partition coefficient (Wildman–Crippen LogP) is 2.11. The number of carboxylic acids is 1. The number of benzene rings is 1. The molecule has 2 rings (SSSR count). The van der Waals surface area contributed by atoms with Crippen molar-refractivity contribution < 1.29 is 19.5 Å². The molecule has 1 aromatic carbocycles. The molecule has 1 aliphatic rings.